The average molecular weight is 493 g/mol. The number of fused-ring (bicyclic) bond motifs is 1. The molecule has 0 amide bonds. The van der Waals surface area contributed by atoms with Crippen LogP contribution in [0.25, 0.3) is 21.6 Å². The fourth-order valence-electron chi connectivity index (χ4n) is 2.98. The first-order chi connectivity index (χ1) is 15.6. The van der Waals surface area contributed by atoms with Crippen LogP contribution < -0.4 is 0 Å². The third kappa shape index (κ3) is 5.19. The number of hydrogen-bond donors (Lipinski definition) is 0. The van der Waals surface area contributed by atoms with E-state index in [0.29, 0.717) is 27.4 Å². The minimum atomic E-state index is -2.79. The lowest BCUT2D eigenvalue weighted by Crippen LogP contribution is -2.27. The van der Waals surface area contributed by atoms with Crippen molar-refractivity contribution in [3.8, 4) is 10.7 Å². The number of carbonyl (C=O) groups excluding carboxylic acids is 1. The number of nitrogens with zero attached hydrogens (tertiary/aromatic N) is 4. The van der Waals surface area contributed by atoms with E-state index in [1.54, 1.807) is 26.8 Å². The van der Waals surface area contributed by atoms with Gasteiger partial charge in [-0.2, -0.15) is 9.78 Å². The Balaban J connectivity index is 1.80. The summed E-state index contributed by atoms with van der Waals surface area (Å²) < 4.78 is 47.4. The monoisotopic (exact) mass is 492 g/mol. The largest absolute Gasteiger partial charge is 0.442 e. The fraction of sp³-hybridized carbons (Fsp3) is 0.273. The second-order valence-electron chi connectivity index (χ2n) is 8.06. The van der Waals surface area contributed by atoms with Crippen LogP contribution in [0, 0.1) is 5.82 Å². The zero-order valence-corrected chi connectivity index (χ0v) is 19.5. The molecule has 0 spiro atoms. The molecule has 6 nitrogen and oxygen atoms in total. The third-order valence-electron chi connectivity index (χ3n) is 4.37. The molecule has 0 unspecified atom stereocenters. The second-order valence-corrected chi connectivity index (χ2v) is 10.1. The Bertz CT molecular complexity index is 1300. The number of carbonyl (C=O) groups is 1. The quantitative estimate of drug-likeness (QED) is 0.289. The molecule has 0 atom stereocenters. The van der Waals surface area contributed by atoms with Gasteiger partial charge in [0.2, 0.25) is 0 Å². The Kier molecular flexibility index (Phi) is 6.44. The van der Waals surface area contributed by atoms with Crippen molar-refractivity contribution in [2.45, 2.75) is 43.4 Å². The van der Waals surface area contributed by atoms with Crippen LogP contribution in [0.5, 0.6) is 0 Å². The van der Waals surface area contributed by atoms with Gasteiger partial charge in [0.15, 0.2) is 10.0 Å². The van der Waals surface area contributed by atoms with Gasteiger partial charge in [-0.1, -0.05) is 41.7 Å². The molecular formula is C22H19F3N4O2S2. The number of hydrogen-bond acceptors (Lipinski definition) is 7. The molecule has 0 saturated heterocycles. The highest BCUT2D eigenvalue weighted by Crippen LogP contribution is 2.37. The number of ether oxygens (including phenoxy) is 1. The number of aromatic nitrogens is 4. The van der Waals surface area contributed by atoms with Crippen molar-refractivity contribution in [1.82, 2.24) is 20.0 Å². The molecule has 0 N–H and O–H groups in total. The Labute approximate surface area is 195 Å². The first kappa shape index (κ1) is 23.2. The van der Waals surface area contributed by atoms with Gasteiger partial charge in [-0.15, -0.1) is 22.0 Å². The van der Waals surface area contributed by atoms with Crippen LogP contribution in [-0.4, -0.2) is 31.7 Å². The van der Waals surface area contributed by atoms with E-state index in [9.17, 15) is 18.0 Å². The van der Waals surface area contributed by atoms with Gasteiger partial charge in [-0.05, 0) is 32.4 Å². The predicted molar refractivity (Wildman–Crippen MR) is 121 cm³/mol. The maximum absolute atomic E-state index is 15.0. The lowest BCUT2D eigenvalue weighted by Gasteiger charge is -2.19. The topological polar surface area (TPSA) is 69.9 Å². The zero-order chi connectivity index (χ0) is 23.8. The van der Waals surface area contributed by atoms with Gasteiger partial charge in [-0.25, -0.2) is 18.0 Å². The molecule has 0 aliphatic heterocycles. The van der Waals surface area contributed by atoms with E-state index < -0.39 is 28.9 Å². The summed E-state index contributed by atoms with van der Waals surface area (Å²) in [5.74, 6) is -0.0159. The molecular weight excluding hydrogens is 473 g/mol. The zero-order valence-electron chi connectivity index (χ0n) is 17.9. The van der Waals surface area contributed by atoms with Crippen LogP contribution in [0.1, 0.15) is 37.8 Å². The highest BCUT2D eigenvalue weighted by molar-refractivity contribution is 7.98. The normalized spacial score (nSPS) is 12.0. The Morgan fingerprint density at radius 2 is 1.91 bits per heavy atom. The molecule has 2 heterocycles. The minimum absolute atomic E-state index is 0.100. The van der Waals surface area contributed by atoms with E-state index in [1.165, 1.54) is 17.8 Å². The van der Waals surface area contributed by atoms with Gasteiger partial charge in [0, 0.05) is 22.1 Å². The summed E-state index contributed by atoms with van der Waals surface area (Å²) in [6.45, 7) is 5.07. The molecule has 4 rings (SSSR count). The molecule has 0 saturated carbocycles. The van der Waals surface area contributed by atoms with Gasteiger partial charge < -0.3 is 4.74 Å². The molecule has 0 bridgehead atoms. The highest BCUT2D eigenvalue weighted by atomic mass is 32.2. The highest BCUT2D eigenvalue weighted by Gasteiger charge is 2.26. The van der Waals surface area contributed by atoms with Crippen LogP contribution in [0.4, 0.5) is 18.0 Å². The number of thioether (sulfide) groups is 1. The molecule has 2 aromatic heterocycles. The van der Waals surface area contributed by atoms with Crippen molar-refractivity contribution in [2.75, 3.05) is 0 Å². The summed E-state index contributed by atoms with van der Waals surface area (Å²) in [7, 11) is 0. The van der Waals surface area contributed by atoms with Gasteiger partial charge in [0.05, 0.1) is 5.52 Å². The summed E-state index contributed by atoms with van der Waals surface area (Å²) in [6.07, 6.45) is -3.61. The predicted octanol–water partition coefficient (Wildman–Crippen LogP) is 6.71. The van der Waals surface area contributed by atoms with E-state index in [-0.39, 0.29) is 16.2 Å². The van der Waals surface area contributed by atoms with Crippen LogP contribution in [0.3, 0.4) is 0 Å². The molecule has 0 aliphatic carbocycles. The van der Waals surface area contributed by atoms with Crippen LogP contribution in [-0.2, 0) is 10.5 Å². The molecule has 33 heavy (non-hydrogen) atoms. The van der Waals surface area contributed by atoms with E-state index in [1.807, 2.05) is 30.3 Å². The van der Waals surface area contributed by atoms with E-state index >= 15 is 0 Å². The van der Waals surface area contributed by atoms with Crippen molar-refractivity contribution in [1.29, 1.82) is 0 Å². The summed E-state index contributed by atoms with van der Waals surface area (Å²) in [5, 5.41) is 11.6. The van der Waals surface area contributed by atoms with Crippen LogP contribution in [0.15, 0.2) is 47.4 Å². The molecule has 0 aliphatic rings. The van der Waals surface area contributed by atoms with Crippen molar-refractivity contribution < 1.29 is 22.7 Å². The first-order valence-electron chi connectivity index (χ1n) is 9.86. The smallest absolute Gasteiger partial charge is 0.435 e. The summed E-state index contributed by atoms with van der Waals surface area (Å²) >= 11 is 1.94. The average Bonchev–Trinajstić information content (AvgIpc) is 3.36. The standard InChI is InChI=1S/C22H19F3N4O2S2/c1-22(2,3)31-21(30)29-15-10-14(23)16(32-11-12-7-5-4-6-8-12)9-13(15)17(28-29)19-26-27-20(33-19)18(24)25/h4-10,18H,11H2,1-3H3. The molecule has 2 aromatic carbocycles. The Morgan fingerprint density at radius 3 is 2.55 bits per heavy atom. The summed E-state index contributed by atoms with van der Waals surface area (Å²) in [6, 6.07) is 12.3. The summed E-state index contributed by atoms with van der Waals surface area (Å²) in [4.78, 5) is 13.1. The first-order valence-corrected chi connectivity index (χ1v) is 11.7. The molecule has 0 radical (unpaired) electrons. The van der Waals surface area contributed by atoms with E-state index in [4.69, 9.17) is 4.74 Å². The molecule has 11 heteroatoms. The van der Waals surface area contributed by atoms with Crippen molar-refractivity contribution >= 4 is 40.1 Å². The Hall–Kier alpha value is -2.92. The SMILES string of the molecule is CC(C)(C)OC(=O)n1nc(-c2nnc(C(F)F)s2)c2cc(SCc3ccccc3)c(F)cc21. The number of halogens is 3. The maximum Gasteiger partial charge on any atom is 0.435 e. The minimum Gasteiger partial charge on any atom is -0.442 e. The Morgan fingerprint density at radius 1 is 1.18 bits per heavy atom. The number of alkyl halides is 2. The number of rotatable bonds is 5. The van der Waals surface area contributed by atoms with Crippen molar-refractivity contribution in [3.63, 3.8) is 0 Å². The van der Waals surface area contributed by atoms with Crippen LogP contribution >= 0.6 is 23.1 Å². The number of benzene rings is 2. The van der Waals surface area contributed by atoms with Gasteiger partial charge in [0.25, 0.3) is 6.43 Å². The fourth-order valence-corrected chi connectivity index (χ4v) is 4.59. The lowest BCUT2D eigenvalue weighted by atomic mass is 10.2. The maximum atomic E-state index is 15.0. The second kappa shape index (κ2) is 9.14. The molecule has 0 fully saturated rings. The molecule has 172 valence electrons. The van der Waals surface area contributed by atoms with Gasteiger partial charge in [-0.3, -0.25) is 0 Å². The lowest BCUT2D eigenvalue weighted by molar-refractivity contribution is 0.0523. The van der Waals surface area contributed by atoms with E-state index in [0.717, 1.165) is 10.2 Å². The summed E-state index contributed by atoms with van der Waals surface area (Å²) in [5.41, 5.74) is 0.499. The van der Waals surface area contributed by atoms with Crippen molar-refractivity contribution in [2.24, 2.45) is 0 Å². The van der Waals surface area contributed by atoms with Gasteiger partial charge in [0.1, 0.15) is 17.1 Å². The van der Waals surface area contributed by atoms with Crippen molar-refractivity contribution in [3.05, 3.63) is 58.9 Å². The van der Waals surface area contributed by atoms with Crippen LogP contribution in [0.2, 0.25) is 0 Å². The van der Waals surface area contributed by atoms with Gasteiger partial charge >= 0.3 is 6.09 Å². The third-order valence-corrected chi connectivity index (χ3v) is 6.41. The van der Waals surface area contributed by atoms with E-state index in [2.05, 4.69) is 15.3 Å². The molecule has 4 aromatic rings.